The van der Waals surface area contributed by atoms with Crippen LogP contribution in [0.3, 0.4) is 0 Å². The van der Waals surface area contributed by atoms with Crippen LogP contribution in [0.25, 0.3) is 0 Å². The largest absolute Gasteiger partial charge is 0.304 e. The Hall–Kier alpha value is -0.870. The van der Waals surface area contributed by atoms with E-state index in [-0.39, 0.29) is 5.92 Å². The molecule has 96 valence electrons. The van der Waals surface area contributed by atoms with Gasteiger partial charge in [0.2, 0.25) is 0 Å². The highest BCUT2D eigenvalue weighted by atomic mass is 79.9. The van der Waals surface area contributed by atoms with E-state index >= 15 is 0 Å². The predicted octanol–water partition coefficient (Wildman–Crippen LogP) is 3.16. The number of hydrogen-bond acceptors (Lipinski definition) is 2. The third-order valence-corrected chi connectivity index (χ3v) is 3.96. The summed E-state index contributed by atoms with van der Waals surface area (Å²) in [6.07, 6.45) is 0. The molecule has 0 aliphatic carbocycles. The van der Waals surface area contributed by atoms with E-state index in [0.717, 1.165) is 15.7 Å². The molecule has 1 aliphatic rings. The fraction of sp³-hybridized carbons (Fsp3) is 0.385. The Bertz CT molecular complexity index is 530. The number of alkyl halides is 1. The average molecular weight is 331 g/mol. The Balaban J connectivity index is 2.48. The van der Waals surface area contributed by atoms with E-state index in [0.29, 0.717) is 18.0 Å². The number of rotatable bonds is 3. The molecule has 0 fully saturated rings. The standard InChI is InChI=1S/C13H13BrClNO2/c1-7(5-15)6-16-11-8(2)3-9(14)4-10(11)12(17)13(16)18/h3-4,7H,5-6H2,1-2H3. The Kier molecular flexibility index (Phi) is 3.78. The van der Waals surface area contributed by atoms with Gasteiger partial charge in [0.05, 0.1) is 11.3 Å². The minimum Gasteiger partial charge on any atom is -0.304 e. The van der Waals surface area contributed by atoms with Crippen molar-refractivity contribution in [2.24, 2.45) is 5.92 Å². The summed E-state index contributed by atoms with van der Waals surface area (Å²) in [6, 6.07) is 3.61. The van der Waals surface area contributed by atoms with Crippen LogP contribution in [0, 0.1) is 12.8 Å². The van der Waals surface area contributed by atoms with E-state index in [9.17, 15) is 9.59 Å². The topological polar surface area (TPSA) is 37.4 Å². The van der Waals surface area contributed by atoms with Gasteiger partial charge in [-0.2, -0.15) is 0 Å². The van der Waals surface area contributed by atoms with Gasteiger partial charge in [0, 0.05) is 16.9 Å². The van der Waals surface area contributed by atoms with Crippen LogP contribution in [0.1, 0.15) is 22.8 Å². The van der Waals surface area contributed by atoms with Crippen LogP contribution in [0.15, 0.2) is 16.6 Å². The van der Waals surface area contributed by atoms with Gasteiger partial charge in [-0.3, -0.25) is 9.59 Å². The second-order valence-corrected chi connectivity index (χ2v) is 5.85. The second kappa shape index (κ2) is 5.02. The van der Waals surface area contributed by atoms with Crippen molar-refractivity contribution < 1.29 is 9.59 Å². The summed E-state index contributed by atoms with van der Waals surface area (Å²) in [5.41, 5.74) is 2.12. The fourth-order valence-electron chi connectivity index (χ4n) is 2.14. The zero-order valence-electron chi connectivity index (χ0n) is 10.2. The van der Waals surface area contributed by atoms with Gasteiger partial charge in [0.15, 0.2) is 0 Å². The molecule has 18 heavy (non-hydrogen) atoms. The minimum absolute atomic E-state index is 0.150. The SMILES string of the molecule is Cc1cc(Br)cc2c1N(CC(C)CCl)C(=O)C2=O. The van der Waals surface area contributed by atoms with Crippen molar-refractivity contribution in [1.82, 2.24) is 0 Å². The Morgan fingerprint density at radius 3 is 2.67 bits per heavy atom. The van der Waals surface area contributed by atoms with Gasteiger partial charge in [-0.1, -0.05) is 22.9 Å². The molecule has 1 amide bonds. The van der Waals surface area contributed by atoms with Crippen molar-refractivity contribution in [3.8, 4) is 0 Å². The van der Waals surface area contributed by atoms with Crippen molar-refractivity contribution in [3.05, 3.63) is 27.7 Å². The summed E-state index contributed by atoms with van der Waals surface area (Å²) in [4.78, 5) is 25.5. The van der Waals surface area contributed by atoms with E-state index in [1.54, 1.807) is 11.0 Å². The number of carbonyl (C=O) groups is 2. The lowest BCUT2D eigenvalue weighted by Gasteiger charge is -2.21. The van der Waals surface area contributed by atoms with Gasteiger partial charge in [0.25, 0.3) is 11.7 Å². The first-order valence-corrected chi connectivity index (χ1v) is 7.00. The number of anilines is 1. The number of benzene rings is 1. The molecule has 0 spiro atoms. The molecule has 1 heterocycles. The molecule has 1 aliphatic heterocycles. The molecule has 1 aromatic carbocycles. The molecule has 0 N–H and O–H groups in total. The first-order chi connectivity index (χ1) is 8.45. The summed E-state index contributed by atoms with van der Waals surface area (Å²) in [7, 11) is 0. The Morgan fingerprint density at radius 2 is 2.06 bits per heavy atom. The van der Waals surface area contributed by atoms with E-state index in [1.807, 2.05) is 19.9 Å². The highest BCUT2D eigenvalue weighted by molar-refractivity contribution is 9.10. The van der Waals surface area contributed by atoms with Crippen LogP contribution < -0.4 is 4.90 Å². The van der Waals surface area contributed by atoms with E-state index < -0.39 is 11.7 Å². The van der Waals surface area contributed by atoms with Crippen LogP contribution in [-0.4, -0.2) is 24.1 Å². The smallest absolute Gasteiger partial charge is 0.299 e. The number of halogens is 2. The van der Waals surface area contributed by atoms with Crippen molar-refractivity contribution in [1.29, 1.82) is 0 Å². The Morgan fingerprint density at radius 1 is 1.39 bits per heavy atom. The van der Waals surface area contributed by atoms with Crippen molar-refractivity contribution in [2.75, 3.05) is 17.3 Å². The van der Waals surface area contributed by atoms with Crippen LogP contribution >= 0.6 is 27.5 Å². The molecule has 2 rings (SSSR count). The summed E-state index contributed by atoms with van der Waals surface area (Å²) >= 11 is 9.12. The molecule has 0 radical (unpaired) electrons. The lowest BCUT2D eigenvalue weighted by Crippen LogP contribution is -2.34. The van der Waals surface area contributed by atoms with Crippen LogP contribution in [0.2, 0.25) is 0 Å². The molecule has 0 saturated heterocycles. The molecule has 0 aromatic heterocycles. The van der Waals surface area contributed by atoms with Crippen LogP contribution in [0.4, 0.5) is 5.69 Å². The maximum Gasteiger partial charge on any atom is 0.299 e. The van der Waals surface area contributed by atoms with Crippen LogP contribution in [0.5, 0.6) is 0 Å². The molecule has 1 aromatic rings. The molecule has 0 bridgehead atoms. The lowest BCUT2D eigenvalue weighted by atomic mass is 10.1. The van der Waals surface area contributed by atoms with E-state index in [2.05, 4.69) is 15.9 Å². The Labute approximate surface area is 119 Å². The van der Waals surface area contributed by atoms with Gasteiger partial charge in [0.1, 0.15) is 0 Å². The normalized spacial score (nSPS) is 16.1. The summed E-state index contributed by atoms with van der Waals surface area (Å²) < 4.78 is 0.812. The van der Waals surface area contributed by atoms with Crippen molar-refractivity contribution in [2.45, 2.75) is 13.8 Å². The first-order valence-electron chi connectivity index (χ1n) is 5.68. The zero-order valence-corrected chi connectivity index (χ0v) is 12.5. The van der Waals surface area contributed by atoms with Crippen molar-refractivity contribution >= 4 is 44.9 Å². The van der Waals surface area contributed by atoms with Gasteiger partial charge in [-0.25, -0.2) is 0 Å². The van der Waals surface area contributed by atoms with Gasteiger partial charge in [-0.05, 0) is 30.5 Å². The molecule has 1 atom stereocenters. The van der Waals surface area contributed by atoms with E-state index in [1.165, 1.54) is 0 Å². The molecule has 0 saturated carbocycles. The zero-order chi connectivity index (χ0) is 13.4. The highest BCUT2D eigenvalue weighted by Crippen LogP contribution is 2.35. The number of carbonyl (C=O) groups excluding carboxylic acids is 2. The first kappa shape index (κ1) is 13.6. The van der Waals surface area contributed by atoms with Crippen molar-refractivity contribution in [3.63, 3.8) is 0 Å². The maximum absolute atomic E-state index is 12.0. The molecule has 3 nitrogen and oxygen atoms in total. The minimum atomic E-state index is -0.455. The highest BCUT2D eigenvalue weighted by Gasteiger charge is 2.37. The third kappa shape index (κ3) is 2.19. The van der Waals surface area contributed by atoms with Crippen LogP contribution in [-0.2, 0) is 4.79 Å². The summed E-state index contributed by atoms with van der Waals surface area (Å²) in [5, 5.41) is 0. The molecular weight excluding hydrogens is 318 g/mol. The number of hydrogen-bond donors (Lipinski definition) is 0. The monoisotopic (exact) mass is 329 g/mol. The number of Topliss-reactive ketones (excluding diaryl/α,β-unsaturated/α-hetero) is 1. The number of aryl methyl sites for hydroxylation is 1. The number of ketones is 1. The maximum atomic E-state index is 12.0. The van der Waals surface area contributed by atoms with Gasteiger partial charge < -0.3 is 4.90 Å². The quantitative estimate of drug-likeness (QED) is 0.630. The average Bonchev–Trinajstić information content (AvgIpc) is 2.54. The third-order valence-electron chi connectivity index (χ3n) is 2.98. The van der Waals surface area contributed by atoms with Gasteiger partial charge >= 0.3 is 0 Å². The number of nitrogens with zero attached hydrogens (tertiary/aromatic N) is 1. The van der Waals surface area contributed by atoms with Gasteiger partial charge in [-0.15, -0.1) is 11.6 Å². The summed E-state index contributed by atoms with van der Waals surface area (Å²) in [6.45, 7) is 4.33. The molecular formula is C13H13BrClNO2. The number of amides is 1. The second-order valence-electron chi connectivity index (χ2n) is 4.62. The summed E-state index contributed by atoms with van der Waals surface area (Å²) in [5.74, 6) is -0.278. The van der Waals surface area contributed by atoms with E-state index in [4.69, 9.17) is 11.6 Å². The molecule has 1 unspecified atom stereocenters. The molecule has 5 heteroatoms. The fourth-order valence-corrected chi connectivity index (χ4v) is 2.81. The predicted molar refractivity (Wildman–Crippen MR) is 75.4 cm³/mol. The lowest BCUT2D eigenvalue weighted by molar-refractivity contribution is -0.114. The number of fused-ring (bicyclic) bond motifs is 1.